The van der Waals surface area contributed by atoms with E-state index in [9.17, 15) is 13.2 Å². The van der Waals surface area contributed by atoms with Crippen molar-refractivity contribution in [3.63, 3.8) is 0 Å². The van der Waals surface area contributed by atoms with Crippen molar-refractivity contribution in [2.45, 2.75) is 18.6 Å². The van der Waals surface area contributed by atoms with E-state index >= 15 is 0 Å². The molecule has 1 nitrogen and oxygen atoms in total. The number of hydrogen-bond acceptors (Lipinski definition) is 1. The van der Waals surface area contributed by atoms with E-state index in [-0.39, 0.29) is 12.0 Å². The molecule has 6 heteroatoms. The summed E-state index contributed by atoms with van der Waals surface area (Å²) in [5, 5.41) is 0.476. The van der Waals surface area contributed by atoms with Crippen LogP contribution >= 0.6 is 27.5 Å². The van der Waals surface area contributed by atoms with E-state index in [0.29, 0.717) is 10.6 Å². The van der Waals surface area contributed by atoms with Gasteiger partial charge in [-0.3, -0.25) is 0 Å². The van der Waals surface area contributed by atoms with E-state index in [2.05, 4.69) is 15.9 Å². The van der Waals surface area contributed by atoms with Crippen molar-refractivity contribution in [1.29, 1.82) is 0 Å². The van der Waals surface area contributed by atoms with Crippen LogP contribution in [-0.4, -0.2) is 0 Å². The van der Waals surface area contributed by atoms with Gasteiger partial charge in [0.05, 0.1) is 5.56 Å². The molecule has 0 bridgehead atoms. The number of alkyl halides is 3. The van der Waals surface area contributed by atoms with Crippen LogP contribution in [0.15, 0.2) is 46.9 Å². The van der Waals surface area contributed by atoms with Gasteiger partial charge in [0.1, 0.15) is 0 Å². The SMILES string of the molecule is NC(Cc1ccc(Br)cc1Cl)c1ccccc1C(F)(F)F. The van der Waals surface area contributed by atoms with Gasteiger partial charge in [-0.15, -0.1) is 0 Å². The minimum absolute atomic E-state index is 0.0731. The molecule has 0 spiro atoms. The normalized spacial score (nSPS) is 13.2. The van der Waals surface area contributed by atoms with Gasteiger partial charge in [-0.05, 0) is 35.7 Å². The Kier molecular flexibility index (Phi) is 4.96. The second kappa shape index (κ2) is 6.38. The minimum Gasteiger partial charge on any atom is -0.324 e. The first-order valence-electron chi connectivity index (χ1n) is 6.14. The molecule has 2 aromatic carbocycles. The van der Waals surface area contributed by atoms with E-state index < -0.39 is 17.8 Å². The van der Waals surface area contributed by atoms with E-state index in [0.717, 1.165) is 10.5 Å². The van der Waals surface area contributed by atoms with Gasteiger partial charge in [-0.25, -0.2) is 0 Å². The van der Waals surface area contributed by atoms with Crippen molar-refractivity contribution in [1.82, 2.24) is 0 Å². The van der Waals surface area contributed by atoms with Gasteiger partial charge in [0.15, 0.2) is 0 Å². The van der Waals surface area contributed by atoms with Gasteiger partial charge >= 0.3 is 6.18 Å². The number of rotatable bonds is 3. The van der Waals surface area contributed by atoms with Gasteiger partial charge in [-0.1, -0.05) is 51.8 Å². The fourth-order valence-electron chi connectivity index (χ4n) is 2.11. The summed E-state index contributed by atoms with van der Waals surface area (Å²) >= 11 is 9.36. The first-order chi connectivity index (χ1) is 9.79. The molecule has 0 aliphatic carbocycles. The third kappa shape index (κ3) is 3.99. The molecule has 0 aliphatic heterocycles. The van der Waals surface area contributed by atoms with Crippen molar-refractivity contribution in [2.24, 2.45) is 5.73 Å². The van der Waals surface area contributed by atoms with Crippen LogP contribution in [0.4, 0.5) is 13.2 Å². The Bertz CT molecular complexity index is 643. The highest BCUT2D eigenvalue weighted by molar-refractivity contribution is 9.10. The van der Waals surface area contributed by atoms with Crippen molar-refractivity contribution in [2.75, 3.05) is 0 Å². The van der Waals surface area contributed by atoms with Crippen molar-refractivity contribution < 1.29 is 13.2 Å². The maximum absolute atomic E-state index is 13.0. The molecule has 0 heterocycles. The van der Waals surface area contributed by atoms with E-state index in [1.165, 1.54) is 12.1 Å². The van der Waals surface area contributed by atoms with Crippen LogP contribution in [0.2, 0.25) is 5.02 Å². The van der Waals surface area contributed by atoms with Crippen molar-refractivity contribution >= 4 is 27.5 Å². The second-order valence-electron chi connectivity index (χ2n) is 4.63. The van der Waals surface area contributed by atoms with Crippen LogP contribution in [0.25, 0.3) is 0 Å². The molecule has 2 rings (SSSR count). The highest BCUT2D eigenvalue weighted by Gasteiger charge is 2.34. The standard InChI is InChI=1S/C15H12BrClF3N/c16-10-6-5-9(13(17)8-10)7-14(21)11-3-1-2-4-12(11)15(18,19)20/h1-6,8,14H,7,21H2. The van der Waals surface area contributed by atoms with E-state index in [1.54, 1.807) is 24.3 Å². The molecule has 21 heavy (non-hydrogen) atoms. The van der Waals surface area contributed by atoms with Gasteiger partial charge < -0.3 is 5.73 Å². The Morgan fingerprint density at radius 1 is 1.14 bits per heavy atom. The van der Waals surface area contributed by atoms with Gasteiger partial charge in [-0.2, -0.15) is 13.2 Å². The van der Waals surface area contributed by atoms with Crippen LogP contribution in [0.5, 0.6) is 0 Å². The predicted molar refractivity (Wildman–Crippen MR) is 81.2 cm³/mol. The van der Waals surface area contributed by atoms with Gasteiger partial charge in [0, 0.05) is 15.5 Å². The fraction of sp³-hybridized carbons (Fsp3) is 0.200. The summed E-state index contributed by atoms with van der Waals surface area (Å²) in [6.07, 6.45) is -4.18. The number of halogens is 5. The maximum Gasteiger partial charge on any atom is 0.416 e. The number of nitrogens with two attached hydrogens (primary N) is 1. The molecule has 0 amide bonds. The molecular weight excluding hydrogens is 367 g/mol. The molecule has 2 aromatic rings. The van der Waals surface area contributed by atoms with Crippen LogP contribution in [0, 0.1) is 0 Å². The molecule has 112 valence electrons. The molecule has 0 aliphatic rings. The lowest BCUT2D eigenvalue weighted by atomic mass is 9.95. The second-order valence-corrected chi connectivity index (χ2v) is 5.95. The monoisotopic (exact) mass is 377 g/mol. The Labute approximate surface area is 134 Å². The molecule has 0 aromatic heterocycles. The highest BCUT2D eigenvalue weighted by Crippen LogP contribution is 2.35. The lowest BCUT2D eigenvalue weighted by molar-refractivity contribution is -0.138. The third-order valence-electron chi connectivity index (χ3n) is 3.12. The van der Waals surface area contributed by atoms with Crippen LogP contribution in [0.3, 0.4) is 0 Å². The lowest BCUT2D eigenvalue weighted by Gasteiger charge is -2.19. The quantitative estimate of drug-likeness (QED) is 0.764. The molecule has 0 fully saturated rings. The zero-order valence-corrected chi connectivity index (χ0v) is 13.1. The molecule has 1 atom stereocenters. The van der Waals surface area contributed by atoms with Crippen LogP contribution in [-0.2, 0) is 12.6 Å². The summed E-state index contributed by atoms with van der Waals surface area (Å²) in [6, 6.07) is 9.80. The largest absolute Gasteiger partial charge is 0.416 e. The van der Waals surface area contributed by atoms with Crippen molar-refractivity contribution in [3.05, 3.63) is 68.7 Å². The Morgan fingerprint density at radius 3 is 2.43 bits per heavy atom. The molecule has 0 saturated carbocycles. The number of hydrogen-bond donors (Lipinski definition) is 1. The molecule has 0 saturated heterocycles. The zero-order chi connectivity index (χ0) is 15.6. The first-order valence-corrected chi connectivity index (χ1v) is 7.32. The first kappa shape index (κ1) is 16.3. The van der Waals surface area contributed by atoms with Crippen molar-refractivity contribution in [3.8, 4) is 0 Å². The fourth-order valence-corrected chi connectivity index (χ4v) is 2.86. The summed E-state index contributed by atoms with van der Waals surface area (Å²) in [6.45, 7) is 0. The molecular formula is C15H12BrClF3N. The van der Waals surface area contributed by atoms with Gasteiger partial charge in [0.2, 0.25) is 0 Å². The van der Waals surface area contributed by atoms with E-state index in [1.807, 2.05) is 0 Å². The van der Waals surface area contributed by atoms with Crippen LogP contribution in [0.1, 0.15) is 22.7 Å². The lowest BCUT2D eigenvalue weighted by Crippen LogP contribution is -2.19. The minimum atomic E-state index is -4.42. The summed E-state index contributed by atoms with van der Waals surface area (Å²) < 4.78 is 39.8. The topological polar surface area (TPSA) is 26.0 Å². The van der Waals surface area contributed by atoms with Crippen LogP contribution < -0.4 is 5.73 Å². The molecule has 0 radical (unpaired) electrons. The molecule has 2 N–H and O–H groups in total. The molecule has 1 unspecified atom stereocenters. The third-order valence-corrected chi connectivity index (χ3v) is 3.97. The Morgan fingerprint density at radius 2 is 1.81 bits per heavy atom. The summed E-state index contributed by atoms with van der Waals surface area (Å²) in [4.78, 5) is 0. The smallest absolute Gasteiger partial charge is 0.324 e. The van der Waals surface area contributed by atoms with E-state index in [4.69, 9.17) is 17.3 Å². The summed E-state index contributed by atoms with van der Waals surface area (Å²) in [5.74, 6) is 0. The summed E-state index contributed by atoms with van der Waals surface area (Å²) in [5.41, 5.74) is 6.04. The van der Waals surface area contributed by atoms with Gasteiger partial charge in [0.25, 0.3) is 0 Å². The summed E-state index contributed by atoms with van der Waals surface area (Å²) in [7, 11) is 0. The Hall–Kier alpha value is -1.04. The number of benzene rings is 2. The maximum atomic E-state index is 13.0. The highest BCUT2D eigenvalue weighted by atomic mass is 79.9. The predicted octanol–water partition coefficient (Wildman–Crippen LogP) is 5.36. The Balaban J connectivity index is 2.31. The average Bonchev–Trinajstić information content (AvgIpc) is 2.41. The zero-order valence-electron chi connectivity index (χ0n) is 10.8. The average molecular weight is 379 g/mol.